The number of carbonyl (C=O) groups is 1. The van der Waals surface area contributed by atoms with E-state index < -0.39 is 5.60 Å². The number of aryl methyl sites for hydroxylation is 1. The van der Waals surface area contributed by atoms with Crippen LogP contribution in [-0.2, 0) is 19.9 Å². The molecule has 1 aliphatic rings. The number of amides is 1. The molecule has 0 radical (unpaired) electrons. The predicted octanol–water partition coefficient (Wildman–Crippen LogP) is 3.34. The normalized spacial score (nSPS) is 18.3. The maximum absolute atomic E-state index is 11.6. The number of aromatic amines is 1. The Bertz CT molecular complexity index is 1290. The summed E-state index contributed by atoms with van der Waals surface area (Å²) in [5.41, 5.74) is 4.02. The number of ether oxygens (including phenoxy) is 2. The van der Waals surface area contributed by atoms with Crippen LogP contribution in [0.1, 0.15) is 24.6 Å². The standard InChI is InChI=1S/C23H24N6O3/c1-14-8-20(23(31-3)5-7-32-13-23)27-22(9-14)29-12-17(18-4-6-25-28-18)16-11-24-21(10-19(16)29)26-15(2)30/h4,6,8-12H,5,7,13H2,1-3H3,(H,25,28)(H,24,26,30)/t23-/m0/s1. The van der Waals surface area contributed by atoms with Crippen molar-refractivity contribution in [1.29, 1.82) is 0 Å². The van der Waals surface area contributed by atoms with E-state index in [-0.39, 0.29) is 5.91 Å². The fourth-order valence-electron chi connectivity index (χ4n) is 4.20. The summed E-state index contributed by atoms with van der Waals surface area (Å²) in [5, 5.41) is 10.8. The minimum atomic E-state index is -0.557. The van der Waals surface area contributed by atoms with Crippen LogP contribution < -0.4 is 5.32 Å². The van der Waals surface area contributed by atoms with Gasteiger partial charge in [0.2, 0.25) is 5.91 Å². The molecule has 9 nitrogen and oxygen atoms in total. The molecule has 0 unspecified atom stereocenters. The average Bonchev–Trinajstić information content (AvgIpc) is 3.52. The zero-order chi connectivity index (χ0) is 22.3. The van der Waals surface area contributed by atoms with E-state index in [4.69, 9.17) is 14.5 Å². The molecule has 0 aromatic carbocycles. The van der Waals surface area contributed by atoms with E-state index in [0.29, 0.717) is 19.0 Å². The monoisotopic (exact) mass is 432 g/mol. The van der Waals surface area contributed by atoms with Gasteiger partial charge in [0.1, 0.15) is 17.2 Å². The molecular weight excluding hydrogens is 408 g/mol. The fraction of sp³-hybridized carbons (Fsp3) is 0.304. The van der Waals surface area contributed by atoms with Crippen LogP contribution in [0.25, 0.3) is 28.0 Å². The van der Waals surface area contributed by atoms with Crippen LogP contribution in [0.3, 0.4) is 0 Å². The summed E-state index contributed by atoms with van der Waals surface area (Å²) in [6.45, 7) is 4.62. The summed E-state index contributed by atoms with van der Waals surface area (Å²) in [6.07, 6.45) is 6.23. The van der Waals surface area contributed by atoms with Gasteiger partial charge in [-0.1, -0.05) is 0 Å². The number of rotatable bonds is 5. The molecule has 1 atom stereocenters. The van der Waals surface area contributed by atoms with E-state index in [1.165, 1.54) is 6.92 Å². The SMILES string of the molecule is CO[C@@]1(c2cc(C)cc(-n3cc(-c4ccn[nH]4)c4cnc(NC(C)=O)cc43)n2)CCOC1. The summed E-state index contributed by atoms with van der Waals surface area (Å²) >= 11 is 0. The van der Waals surface area contributed by atoms with Crippen molar-refractivity contribution in [3.63, 3.8) is 0 Å². The first kappa shape index (κ1) is 20.3. The van der Waals surface area contributed by atoms with Gasteiger partial charge in [0, 0.05) is 62.7 Å². The molecule has 0 aliphatic carbocycles. The van der Waals surface area contributed by atoms with E-state index >= 15 is 0 Å². The number of nitrogens with one attached hydrogen (secondary N) is 2. The van der Waals surface area contributed by atoms with Crippen molar-refractivity contribution < 1.29 is 14.3 Å². The first-order chi connectivity index (χ1) is 15.5. The van der Waals surface area contributed by atoms with Crippen molar-refractivity contribution in [2.24, 2.45) is 0 Å². The van der Waals surface area contributed by atoms with Crippen molar-refractivity contribution in [2.45, 2.75) is 25.9 Å². The van der Waals surface area contributed by atoms with E-state index in [1.54, 1.807) is 19.5 Å². The van der Waals surface area contributed by atoms with Crippen LogP contribution in [0.2, 0.25) is 0 Å². The Hall–Kier alpha value is -3.56. The topological polar surface area (TPSA) is 107 Å². The minimum absolute atomic E-state index is 0.178. The fourth-order valence-corrected chi connectivity index (χ4v) is 4.20. The van der Waals surface area contributed by atoms with Crippen LogP contribution in [0.4, 0.5) is 5.82 Å². The number of H-pyrrole nitrogens is 1. The smallest absolute Gasteiger partial charge is 0.222 e. The zero-order valence-electron chi connectivity index (χ0n) is 18.2. The molecule has 4 aromatic rings. The van der Waals surface area contributed by atoms with Gasteiger partial charge in [-0.3, -0.25) is 9.89 Å². The second-order valence-electron chi connectivity index (χ2n) is 8.04. The third-order valence-corrected chi connectivity index (χ3v) is 5.83. The van der Waals surface area contributed by atoms with Gasteiger partial charge in [0.05, 0.1) is 23.5 Å². The van der Waals surface area contributed by atoms with Crippen LogP contribution in [-0.4, -0.2) is 51.0 Å². The average molecular weight is 432 g/mol. The molecule has 5 heterocycles. The largest absolute Gasteiger partial charge is 0.378 e. The van der Waals surface area contributed by atoms with Gasteiger partial charge in [-0.2, -0.15) is 5.10 Å². The Morgan fingerprint density at radius 2 is 2.22 bits per heavy atom. The van der Waals surface area contributed by atoms with Gasteiger partial charge < -0.3 is 19.4 Å². The van der Waals surface area contributed by atoms with E-state index in [1.807, 2.05) is 42.0 Å². The molecule has 1 fully saturated rings. The van der Waals surface area contributed by atoms with E-state index in [9.17, 15) is 4.79 Å². The van der Waals surface area contributed by atoms with Crippen molar-refractivity contribution in [3.8, 4) is 17.1 Å². The van der Waals surface area contributed by atoms with Gasteiger partial charge >= 0.3 is 0 Å². The van der Waals surface area contributed by atoms with E-state index in [2.05, 4.69) is 20.5 Å². The lowest BCUT2D eigenvalue weighted by Gasteiger charge is -2.26. The molecule has 1 aliphatic heterocycles. The number of methoxy groups -OCH3 is 1. The highest BCUT2D eigenvalue weighted by Crippen LogP contribution is 2.36. The number of nitrogens with zero attached hydrogens (tertiary/aromatic N) is 4. The number of anilines is 1. The Labute approximate surface area is 184 Å². The first-order valence-electron chi connectivity index (χ1n) is 10.4. The third-order valence-electron chi connectivity index (χ3n) is 5.83. The third kappa shape index (κ3) is 3.45. The molecule has 164 valence electrons. The van der Waals surface area contributed by atoms with Gasteiger partial charge in [-0.15, -0.1) is 0 Å². The zero-order valence-corrected chi connectivity index (χ0v) is 18.2. The predicted molar refractivity (Wildman–Crippen MR) is 120 cm³/mol. The summed E-state index contributed by atoms with van der Waals surface area (Å²) < 4.78 is 13.5. The lowest BCUT2D eigenvalue weighted by Crippen LogP contribution is -2.30. The molecule has 9 heteroatoms. The van der Waals surface area contributed by atoms with Crippen molar-refractivity contribution in [1.82, 2.24) is 24.7 Å². The first-order valence-corrected chi connectivity index (χ1v) is 10.4. The van der Waals surface area contributed by atoms with Crippen molar-refractivity contribution >= 4 is 22.6 Å². The molecule has 4 aromatic heterocycles. The van der Waals surface area contributed by atoms with Crippen LogP contribution in [0.5, 0.6) is 0 Å². The number of fused-ring (bicyclic) bond motifs is 1. The van der Waals surface area contributed by atoms with E-state index in [0.717, 1.165) is 45.7 Å². The summed E-state index contributed by atoms with van der Waals surface area (Å²) in [5.74, 6) is 1.05. The van der Waals surface area contributed by atoms with Gasteiger partial charge in [-0.05, 0) is 30.7 Å². The Balaban J connectivity index is 1.72. The number of hydrogen-bond donors (Lipinski definition) is 2. The number of pyridine rings is 2. The quantitative estimate of drug-likeness (QED) is 0.501. The maximum Gasteiger partial charge on any atom is 0.222 e. The highest BCUT2D eigenvalue weighted by atomic mass is 16.5. The lowest BCUT2D eigenvalue weighted by molar-refractivity contribution is -0.114. The van der Waals surface area contributed by atoms with Crippen LogP contribution in [0, 0.1) is 6.92 Å². The van der Waals surface area contributed by atoms with Crippen LogP contribution in [0.15, 0.2) is 42.9 Å². The molecule has 5 rings (SSSR count). The number of carbonyl (C=O) groups excluding carboxylic acids is 1. The molecule has 0 saturated carbocycles. The molecule has 1 amide bonds. The maximum atomic E-state index is 11.6. The van der Waals surface area contributed by atoms with Crippen molar-refractivity contribution in [3.05, 3.63) is 54.1 Å². The minimum Gasteiger partial charge on any atom is -0.378 e. The highest BCUT2D eigenvalue weighted by Gasteiger charge is 2.38. The number of aromatic nitrogens is 5. The highest BCUT2D eigenvalue weighted by molar-refractivity contribution is 5.98. The van der Waals surface area contributed by atoms with Crippen molar-refractivity contribution in [2.75, 3.05) is 25.6 Å². The lowest BCUT2D eigenvalue weighted by atomic mass is 9.97. The number of hydrogen-bond acceptors (Lipinski definition) is 6. The van der Waals surface area contributed by atoms with Gasteiger partial charge in [-0.25, -0.2) is 9.97 Å². The molecule has 0 bridgehead atoms. The molecule has 2 N–H and O–H groups in total. The molecule has 0 spiro atoms. The van der Waals surface area contributed by atoms with Gasteiger partial charge in [0.15, 0.2) is 0 Å². The molecule has 1 saturated heterocycles. The summed E-state index contributed by atoms with van der Waals surface area (Å²) in [4.78, 5) is 21.0. The summed E-state index contributed by atoms with van der Waals surface area (Å²) in [7, 11) is 1.70. The molecular formula is C23H24N6O3. The second-order valence-corrected chi connectivity index (χ2v) is 8.04. The molecule has 32 heavy (non-hydrogen) atoms. The van der Waals surface area contributed by atoms with Crippen LogP contribution >= 0.6 is 0 Å². The summed E-state index contributed by atoms with van der Waals surface area (Å²) in [6, 6.07) is 7.83. The Morgan fingerprint density at radius 1 is 1.34 bits per heavy atom. The Kier molecular flexibility index (Phi) is 4.99. The van der Waals surface area contributed by atoms with Gasteiger partial charge in [0.25, 0.3) is 0 Å². The second kappa shape index (κ2) is 7.85. The Morgan fingerprint density at radius 3 is 2.91 bits per heavy atom.